The molecule has 0 radical (unpaired) electrons. The molecule has 5 heteroatoms. The van der Waals surface area contributed by atoms with E-state index in [0.717, 1.165) is 11.1 Å². The Bertz CT molecular complexity index is 974. The number of nitrogens with zero attached hydrogens (tertiary/aromatic N) is 1. The zero-order valence-corrected chi connectivity index (χ0v) is 20.2. The summed E-state index contributed by atoms with van der Waals surface area (Å²) < 4.78 is 33.6. The fourth-order valence-electron chi connectivity index (χ4n) is 4.79. The molecule has 0 aromatic heterocycles. The molecule has 1 heterocycles. The van der Waals surface area contributed by atoms with Crippen molar-refractivity contribution in [2.24, 2.45) is 4.99 Å². The molecule has 164 valence electrons. The van der Waals surface area contributed by atoms with Crippen LogP contribution in [0, 0.1) is 23.1 Å². The molecule has 0 saturated carbocycles. The van der Waals surface area contributed by atoms with E-state index >= 15 is 0 Å². The molecule has 2 nitrogen and oxygen atoms in total. The van der Waals surface area contributed by atoms with Gasteiger partial charge in [0, 0.05) is 5.56 Å². The molecule has 0 fully saturated rings. The molecule has 0 amide bonds. The second-order valence-corrected chi connectivity index (χ2v) is 14.7. The molecule has 2 aromatic rings. The lowest BCUT2D eigenvalue weighted by atomic mass is 10.1. The number of halogens is 2. The highest BCUT2D eigenvalue weighted by molar-refractivity contribution is 6.90. The molecule has 0 spiro atoms. The lowest BCUT2D eigenvalue weighted by Crippen LogP contribution is -2.43. The average molecular weight is 440 g/mol. The van der Waals surface area contributed by atoms with E-state index in [-0.39, 0.29) is 24.1 Å². The van der Waals surface area contributed by atoms with Crippen molar-refractivity contribution in [3.05, 3.63) is 70.8 Å². The Morgan fingerprint density at radius 3 is 1.97 bits per heavy atom. The minimum Gasteiger partial charge on any atom is -0.475 e. The lowest BCUT2D eigenvalue weighted by molar-refractivity contribution is 0.317. The van der Waals surface area contributed by atoms with Crippen LogP contribution < -0.4 is 0 Å². The molecule has 0 saturated heterocycles. The smallest absolute Gasteiger partial charge is 0.222 e. The van der Waals surface area contributed by atoms with E-state index in [1.54, 1.807) is 0 Å². The third-order valence-corrected chi connectivity index (χ3v) is 12.7. The highest BCUT2D eigenvalue weighted by Gasteiger charge is 2.41. The maximum Gasteiger partial charge on any atom is 0.222 e. The number of hydrogen-bond acceptors (Lipinski definition) is 2. The number of ether oxygens (including phenoxy) is 1. The normalized spacial score (nSPS) is 16.4. The summed E-state index contributed by atoms with van der Waals surface area (Å²) in [5, 5.41) is 0. The van der Waals surface area contributed by atoms with Crippen LogP contribution in [-0.2, 0) is 4.74 Å². The van der Waals surface area contributed by atoms with Crippen LogP contribution in [0.5, 0.6) is 0 Å². The molecule has 1 atom stereocenters. The number of hydrogen-bond donors (Lipinski definition) is 0. The summed E-state index contributed by atoms with van der Waals surface area (Å²) in [7, 11) is -1.78. The molecular formula is C26H31F2NOSi. The lowest BCUT2D eigenvalue weighted by Gasteiger charge is -2.38. The highest BCUT2D eigenvalue weighted by atomic mass is 28.3. The number of aliphatic imine (C=N–C) groups is 1. The molecule has 1 aliphatic heterocycles. The van der Waals surface area contributed by atoms with E-state index in [1.807, 2.05) is 24.3 Å². The van der Waals surface area contributed by atoms with Crippen LogP contribution in [0.15, 0.2) is 47.5 Å². The van der Waals surface area contributed by atoms with E-state index in [4.69, 9.17) is 4.74 Å². The zero-order valence-electron chi connectivity index (χ0n) is 19.2. The van der Waals surface area contributed by atoms with Gasteiger partial charge in [-0.3, -0.25) is 0 Å². The van der Waals surface area contributed by atoms with Gasteiger partial charge < -0.3 is 4.74 Å². The molecule has 3 rings (SSSR count). The predicted octanol–water partition coefficient (Wildman–Crippen LogP) is 7.05. The van der Waals surface area contributed by atoms with Gasteiger partial charge in [-0.25, -0.2) is 13.8 Å². The Labute approximate surface area is 185 Å². The first kappa shape index (κ1) is 23.2. The SMILES string of the molecule is CC(C)[Si](C#Cc1ccc(C2COC(c3c(F)cccc3F)=N2)cc1)(C(C)C)C(C)C. The Hall–Kier alpha value is -2.45. The van der Waals surface area contributed by atoms with Gasteiger partial charge in [-0.15, -0.1) is 5.54 Å². The molecule has 2 aromatic carbocycles. The van der Waals surface area contributed by atoms with Gasteiger partial charge in [-0.05, 0) is 46.5 Å². The van der Waals surface area contributed by atoms with Crippen LogP contribution in [0.4, 0.5) is 8.78 Å². The fraction of sp³-hybridized carbons (Fsp3) is 0.423. The van der Waals surface area contributed by atoms with Crippen LogP contribution >= 0.6 is 0 Å². The van der Waals surface area contributed by atoms with Crippen molar-refractivity contribution in [1.29, 1.82) is 0 Å². The number of rotatable bonds is 5. The van der Waals surface area contributed by atoms with Crippen LogP contribution in [-0.4, -0.2) is 20.6 Å². The van der Waals surface area contributed by atoms with Crippen molar-refractivity contribution in [2.45, 2.75) is 64.2 Å². The molecular weight excluding hydrogens is 408 g/mol. The number of benzene rings is 2. The second kappa shape index (κ2) is 9.36. The van der Waals surface area contributed by atoms with Gasteiger partial charge in [-0.2, -0.15) is 0 Å². The molecule has 0 aliphatic carbocycles. The molecule has 1 aliphatic rings. The Morgan fingerprint density at radius 2 is 1.45 bits per heavy atom. The van der Waals surface area contributed by atoms with Gasteiger partial charge in [0.25, 0.3) is 0 Å². The van der Waals surface area contributed by atoms with Crippen molar-refractivity contribution in [2.75, 3.05) is 6.61 Å². The maximum absolute atomic E-state index is 14.0. The van der Waals surface area contributed by atoms with Crippen molar-refractivity contribution >= 4 is 14.0 Å². The third kappa shape index (κ3) is 4.60. The largest absolute Gasteiger partial charge is 0.475 e. The van der Waals surface area contributed by atoms with Gasteiger partial charge in [0.05, 0.1) is 0 Å². The highest BCUT2D eigenvalue weighted by Crippen LogP contribution is 2.40. The second-order valence-electron chi connectivity index (χ2n) is 9.13. The third-order valence-electron chi connectivity index (χ3n) is 6.41. The summed E-state index contributed by atoms with van der Waals surface area (Å²) in [6, 6.07) is 11.4. The molecule has 0 N–H and O–H groups in total. The van der Waals surface area contributed by atoms with E-state index in [9.17, 15) is 8.78 Å². The monoisotopic (exact) mass is 439 g/mol. The summed E-state index contributed by atoms with van der Waals surface area (Å²) in [5.41, 5.74) is 7.20. The topological polar surface area (TPSA) is 21.6 Å². The summed E-state index contributed by atoms with van der Waals surface area (Å²) >= 11 is 0. The van der Waals surface area contributed by atoms with Gasteiger partial charge in [0.15, 0.2) is 0 Å². The quantitative estimate of drug-likeness (QED) is 0.361. The van der Waals surface area contributed by atoms with Gasteiger partial charge in [0.2, 0.25) is 5.90 Å². The van der Waals surface area contributed by atoms with Crippen LogP contribution in [0.3, 0.4) is 0 Å². The van der Waals surface area contributed by atoms with E-state index in [2.05, 4.69) is 58.0 Å². The summed E-state index contributed by atoms with van der Waals surface area (Å²) in [4.78, 5) is 4.42. The molecule has 31 heavy (non-hydrogen) atoms. The standard InChI is InChI=1S/C26H31F2NOSi/c1-17(2)31(18(3)4,19(5)6)15-14-20-10-12-21(13-11-20)24-16-30-26(29-24)25-22(27)8-7-9-23(25)28/h7-13,17-19,24H,16H2,1-6H3. The van der Waals surface area contributed by atoms with E-state index < -0.39 is 19.7 Å². The predicted molar refractivity (Wildman–Crippen MR) is 126 cm³/mol. The summed E-state index contributed by atoms with van der Waals surface area (Å²) in [6.45, 7) is 14.1. The van der Waals surface area contributed by atoms with Crippen LogP contribution in [0.25, 0.3) is 0 Å². The Balaban J connectivity index is 1.84. The first-order valence-corrected chi connectivity index (χ1v) is 13.2. The average Bonchev–Trinajstić information content (AvgIpc) is 3.17. The summed E-state index contributed by atoms with van der Waals surface area (Å²) in [5.74, 6) is 2.13. The van der Waals surface area contributed by atoms with Crippen molar-refractivity contribution in [1.82, 2.24) is 0 Å². The van der Waals surface area contributed by atoms with Gasteiger partial charge in [-0.1, -0.05) is 65.7 Å². The van der Waals surface area contributed by atoms with Crippen molar-refractivity contribution in [3.8, 4) is 11.5 Å². The molecule has 1 unspecified atom stereocenters. The first-order valence-electron chi connectivity index (χ1n) is 10.9. The van der Waals surface area contributed by atoms with Crippen LogP contribution in [0.2, 0.25) is 16.6 Å². The first-order chi connectivity index (χ1) is 14.7. The molecule has 0 bridgehead atoms. The van der Waals surface area contributed by atoms with Gasteiger partial charge in [0.1, 0.15) is 37.9 Å². The fourth-order valence-corrected chi connectivity index (χ4v) is 10.0. The maximum atomic E-state index is 14.0. The van der Waals surface area contributed by atoms with Crippen molar-refractivity contribution < 1.29 is 13.5 Å². The summed E-state index contributed by atoms with van der Waals surface area (Å²) in [6.07, 6.45) is 0. The minimum atomic E-state index is -1.78. The van der Waals surface area contributed by atoms with Crippen molar-refractivity contribution in [3.63, 3.8) is 0 Å². The van der Waals surface area contributed by atoms with E-state index in [0.29, 0.717) is 16.6 Å². The van der Waals surface area contributed by atoms with E-state index in [1.165, 1.54) is 18.2 Å². The van der Waals surface area contributed by atoms with Crippen LogP contribution in [0.1, 0.15) is 64.3 Å². The minimum absolute atomic E-state index is 0.0195. The Morgan fingerprint density at radius 1 is 0.903 bits per heavy atom. The van der Waals surface area contributed by atoms with Gasteiger partial charge >= 0.3 is 0 Å². The zero-order chi connectivity index (χ0) is 22.8. The Kier molecular flexibility index (Phi) is 7.01.